The van der Waals surface area contributed by atoms with E-state index in [1.54, 1.807) is 0 Å². The lowest BCUT2D eigenvalue weighted by atomic mass is 9.82. The summed E-state index contributed by atoms with van der Waals surface area (Å²) < 4.78 is 2.12. The highest BCUT2D eigenvalue weighted by molar-refractivity contribution is 5.77. The zero-order chi connectivity index (χ0) is 18.2. The predicted octanol–water partition coefficient (Wildman–Crippen LogP) is 5.33. The number of aromatic nitrogens is 3. The van der Waals surface area contributed by atoms with Gasteiger partial charge in [-0.15, -0.1) is 0 Å². The highest BCUT2D eigenvalue weighted by Crippen LogP contribution is 2.34. The molecule has 0 saturated heterocycles. The van der Waals surface area contributed by atoms with Crippen molar-refractivity contribution < 1.29 is 0 Å². The van der Waals surface area contributed by atoms with Gasteiger partial charge in [0.25, 0.3) is 0 Å². The number of anilines is 1. The molecule has 1 aromatic carbocycles. The van der Waals surface area contributed by atoms with Crippen LogP contribution < -0.4 is 5.32 Å². The normalized spacial score (nSPS) is 12.6. The van der Waals surface area contributed by atoms with Crippen LogP contribution in [0.4, 0.5) is 5.82 Å². The minimum absolute atomic E-state index is 0.0606. The first-order valence-corrected chi connectivity index (χ1v) is 8.84. The summed E-state index contributed by atoms with van der Waals surface area (Å²) in [5.41, 5.74) is 4.09. The van der Waals surface area contributed by atoms with Crippen LogP contribution in [0, 0.1) is 12.3 Å². The molecule has 0 aliphatic carbocycles. The van der Waals surface area contributed by atoms with Gasteiger partial charge < -0.3 is 5.32 Å². The molecule has 0 spiro atoms. The molecule has 0 fully saturated rings. The summed E-state index contributed by atoms with van der Waals surface area (Å²) in [5.74, 6) is 1.03. The van der Waals surface area contributed by atoms with Crippen molar-refractivity contribution in [1.29, 1.82) is 0 Å². The monoisotopic (exact) mass is 336 g/mol. The van der Waals surface area contributed by atoms with E-state index in [1.807, 2.05) is 25.4 Å². The van der Waals surface area contributed by atoms with Crippen molar-refractivity contribution in [2.24, 2.45) is 5.41 Å². The Labute approximate surface area is 150 Å². The predicted molar refractivity (Wildman–Crippen MR) is 105 cm³/mol. The highest BCUT2D eigenvalue weighted by atomic mass is 15.2. The number of fused-ring (bicyclic) bond motifs is 1. The van der Waals surface area contributed by atoms with Crippen LogP contribution in [0.25, 0.3) is 16.9 Å². The number of nitrogens with zero attached hydrogens (tertiary/aromatic N) is 3. The van der Waals surface area contributed by atoms with E-state index in [0.717, 1.165) is 34.8 Å². The summed E-state index contributed by atoms with van der Waals surface area (Å²) in [7, 11) is 0. The molecule has 0 amide bonds. The van der Waals surface area contributed by atoms with Gasteiger partial charge >= 0.3 is 0 Å². The third-order valence-electron chi connectivity index (χ3n) is 4.19. The van der Waals surface area contributed by atoms with Crippen molar-refractivity contribution in [3.05, 3.63) is 48.4 Å². The van der Waals surface area contributed by atoms with Crippen molar-refractivity contribution in [1.82, 2.24) is 14.4 Å². The number of nitrogens with one attached hydrogen (secondary N) is 1. The first-order chi connectivity index (χ1) is 11.7. The molecule has 2 heterocycles. The number of rotatable bonds is 4. The minimum atomic E-state index is -0.0606. The lowest BCUT2D eigenvalue weighted by molar-refractivity contribution is 0.302. The van der Waals surface area contributed by atoms with Crippen LogP contribution in [-0.2, 0) is 0 Å². The summed E-state index contributed by atoms with van der Waals surface area (Å²) in [6.45, 7) is 13.3. The lowest BCUT2D eigenvalue weighted by Gasteiger charge is -2.34. The fourth-order valence-corrected chi connectivity index (χ4v) is 3.71. The van der Waals surface area contributed by atoms with Gasteiger partial charge in [0.1, 0.15) is 11.5 Å². The molecule has 0 aliphatic rings. The third-order valence-corrected chi connectivity index (χ3v) is 4.19. The van der Waals surface area contributed by atoms with Crippen molar-refractivity contribution in [3.63, 3.8) is 0 Å². The van der Waals surface area contributed by atoms with Crippen LogP contribution in [0.2, 0.25) is 0 Å². The third kappa shape index (κ3) is 3.84. The molecule has 25 heavy (non-hydrogen) atoms. The topological polar surface area (TPSA) is 42.2 Å². The number of imidazole rings is 1. The summed E-state index contributed by atoms with van der Waals surface area (Å²) in [4.78, 5) is 9.30. The van der Waals surface area contributed by atoms with Crippen molar-refractivity contribution in [3.8, 4) is 11.3 Å². The Morgan fingerprint density at radius 3 is 2.36 bits per heavy atom. The first-order valence-electron chi connectivity index (χ1n) is 8.84. The second kappa shape index (κ2) is 6.17. The van der Waals surface area contributed by atoms with Crippen LogP contribution in [-0.4, -0.2) is 19.9 Å². The zero-order valence-electron chi connectivity index (χ0n) is 16.1. The molecule has 3 rings (SSSR count). The van der Waals surface area contributed by atoms with Crippen LogP contribution >= 0.6 is 0 Å². The van der Waals surface area contributed by atoms with Gasteiger partial charge in [0.15, 0.2) is 5.65 Å². The summed E-state index contributed by atoms with van der Waals surface area (Å²) in [6, 6.07) is 10.3. The molecule has 132 valence electrons. The fraction of sp³-hybridized carbons (Fsp3) is 0.429. The maximum Gasteiger partial charge on any atom is 0.160 e. The van der Waals surface area contributed by atoms with Crippen molar-refractivity contribution >= 4 is 11.5 Å². The number of benzene rings is 1. The molecule has 0 aliphatic heterocycles. The van der Waals surface area contributed by atoms with E-state index in [9.17, 15) is 0 Å². The molecular formula is C21H28N4. The molecule has 0 saturated carbocycles. The Morgan fingerprint density at radius 1 is 1.04 bits per heavy atom. The summed E-state index contributed by atoms with van der Waals surface area (Å²) in [5, 5.41) is 3.76. The molecule has 1 N–H and O–H groups in total. The van der Waals surface area contributed by atoms with Crippen LogP contribution in [0.5, 0.6) is 0 Å². The van der Waals surface area contributed by atoms with E-state index >= 15 is 0 Å². The second-order valence-corrected chi connectivity index (χ2v) is 8.63. The molecule has 0 unspecified atom stereocenters. The summed E-state index contributed by atoms with van der Waals surface area (Å²) >= 11 is 0. The average Bonchev–Trinajstić information content (AvgIpc) is 2.85. The minimum Gasteiger partial charge on any atom is -0.364 e. The second-order valence-electron chi connectivity index (χ2n) is 8.63. The van der Waals surface area contributed by atoms with Gasteiger partial charge in [0.2, 0.25) is 0 Å². The van der Waals surface area contributed by atoms with E-state index in [0.29, 0.717) is 0 Å². The van der Waals surface area contributed by atoms with Gasteiger partial charge in [-0.05, 0) is 32.6 Å². The first kappa shape index (κ1) is 17.5. The van der Waals surface area contributed by atoms with Crippen LogP contribution in [0.3, 0.4) is 0 Å². The SMILES string of the molecule is Cc1nccn2c(NC(C)(C)CC(C)(C)C)c(-c3ccccc3)nc12. The van der Waals surface area contributed by atoms with E-state index in [-0.39, 0.29) is 11.0 Å². The molecule has 0 bridgehead atoms. The molecular weight excluding hydrogens is 308 g/mol. The van der Waals surface area contributed by atoms with Gasteiger partial charge in [0, 0.05) is 23.5 Å². The highest BCUT2D eigenvalue weighted by Gasteiger charge is 2.28. The van der Waals surface area contributed by atoms with Gasteiger partial charge in [-0.25, -0.2) is 4.98 Å². The van der Waals surface area contributed by atoms with E-state index in [1.165, 1.54) is 0 Å². The Bertz CT molecular complexity index is 870. The Morgan fingerprint density at radius 2 is 1.72 bits per heavy atom. The maximum absolute atomic E-state index is 4.90. The van der Waals surface area contributed by atoms with Gasteiger partial charge in [-0.3, -0.25) is 9.38 Å². The molecule has 4 heteroatoms. The zero-order valence-corrected chi connectivity index (χ0v) is 16.1. The molecule has 0 radical (unpaired) electrons. The van der Waals surface area contributed by atoms with E-state index in [4.69, 9.17) is 4.98 Å². The Balaban J connectivity index is 2.14. The summed E-state index contributed by atoms with van der Waals surface area (Å²) in [6.07, 6.45) is 4.86. The molecule has 4 nitrogen and oxygen atoms in total. The smallest absolute Gasteiger partial charge is 0.160 e. The number of hydrogen-bond acceptors (Lipinski definition) is 3. The van der Waals surface area contributed by atoms with Gasteiger partial charge in [-0.1, -0.05) is 51.1 Å². The maximum atomic E-state index is 4.90. The molecule has 3 aromatic rings. The standard InChI is InChI=1S/C21H28N4/c1-15-18-23-17(16-10-8-7-9-11-16)19(25(18)13-12-22-15)24-21(5,6)14-20(2,3)4/h7-13,24H,14H2,1-6H3. The lowest BCUT2D eigenvalue weighted by Crippen LogP contribution is -2.36. The molecule has 2 aromatic heterocycles. The van der Waals surface area contributed by atoms with E-state index in [2.05, 4.69) is 73.6 Å². The van der Waals surface area contributed by atoms with Gasteiger partial charge in [-0.2, -0.15) is 0 Å². The van der Waals surface area contributed by atoms with Crippen molar-refractivity contribution in [2.45, 2.75) is 53.5 Å². The largest absolute Gasteiger partial charge is 0.364 e. The quantitative estimate of drug-likeness (QED) is 0.700. The average molecular weight is 336 g/mol. The number of hydrogen-bond donors (Lipinski definition) is 1. The van der Waals surface area contributed by atoms with Gasteiger partial charge in [0.05, 0.1) is 5.69 Å². The number of aryl methyl sites for hydroxylation is 1. The fourth-order valence-electron chi connectivity index (χ4n) is 3.71. The van der Waals surface area contributed by atoms with Crippen LogP contribution in [0.1, 0.15) is 46.7 Å². The Kier molecular flexibility index (Phi) is 4.31. The molecule has 0 atom stereocenters. The van der Waals surface area contributed by atoms with Crippen molar-refractivity contribution in [2.75, 3.05) is 5.32 Å². The Hall–Kier alpha value is -2.36. The van der Waals surface area contributed by atoms with E-state index < -0.39 is 0 Å². The van der Waals surface area contributed by atoms with Crippen LogP contribution in [0.15, 0.2) is 42.7 Å².